The van der Waals surface area contributed by atoms with Gasteiger partial charge in [0.25, 0.3) is 5.91 Å². The Morgan fingerprint density at radius 2 is 2.30 bits per heavy atom. The number of carbonyl (C=O) groups excluding carboxylic acids is 1. The molecule has 0 aliphatic carbocycles. The van der Waals surface area contributed by atoms with Gasteiger partial charge in [0.15, 0.2) is 5.69 Å². The number of rotatable bonds is 4. The zero-order valence-corrected chi connectivity index (χ0v) is 11.7. The minimum absolute atomic E-state index is 0.0981. The van der Waals surface area contributed by atoms with Gasteiger partial charge in [0.2, 0.25) is 0 Å². The standard InChI is InChI=1S/C13H20N4O3/c1-3-14-12-5-4-11(15-16-12)13(19)17-6-9(2)20-10(7-17)8-18/h4-5,9-10,18H,3,6-8H2,1-2H3,(H,14,16). The first-order chi connectivity index (χ1) is 9.63. The van der Waals surface area contributed by atoms with Crippen LogP contribution in [-0.2, 0) is 4.74 Å². The Hall–Kier alpha value is -1.73. The van der Waals surface area contributed by atoms with Gasteiger partial charge < -0.3 is 20.1 Å². The fourth-order valence-corrected chi connectivity index (χ4v) is 2.20. The van der Waals surface area contributed by atoms with Crippen molar-refractivity contribution in [1.29, 1.82) is 0 Å². The molecule has 1 aliphatic heterocycles. The van der Waals surface area contributed by atoms with Crippen molar-refractivity contribution in [2.45, 2.75) is 26.1 Å². The van der Waals surface area contributed by atoms with E-state index in [1.54, 1.807) is 17.0 Å². The van der Waals surface area contributed by atoms with Gasteiger partial charge in [-0.2, -0.15) is 0 Å². The number of aliphatic hydroxyl groups excluding tert-OH is 1. The molecule has 1 amide bonds. The first kappa shape index (κ1) is 14.7. The Labute approximate surface area is 117 Å². The average molecular weight is 280 g/mol. The van der Waals surface area contributed by atoms with Gasteiger partial charge in [-0.15, -0.1) is 10.2 Å². The summed E-state index contributed by atoms with van der Waals surface area (Å²) in [5, 5.41) is 20.1. The molecule has 7 nitrogen and oxygen atoms in total. The zero-order valence-electron chi connectivity index (χ0n) is 11.7. The van der Waals surface area contributed by atoms with Crippen molar-refractivity contribution >= 4 is 11.7 Å². The van der Waals surface area contributed by atoms with Crippen LogP contribution in [0.25, 0.3) is 0 Å². The lowest BCUT2D eigenvalue weighted by Gasteiger charge is -2.35. The van der Waals surface area contributed by atoms with E-state index in [0.29, 0.717) is 24.6 Å². The van der Waals surface area contributed by atoms with Crippen molar-refractivity contribution < 1.29 is 14.6 Å². The molecule has 1 aliphatic rings. The Morgan fingerprint density at radius 1 is 1.50 bits per heavy atom. The van der Waals surface area contributed by atoms with E-state index in [4.69, 9.17) is 4.74 Å². The van der Waals surface area contributed by atoms with E-state index in [1.165, 1.54) is 0 Å². The third-order valence-electron chi connectivity index (χ3n) is 3.06. The number of nitrogens with one attached hydrogen (secondary N) is 1. The molecule has 2 heterocycles. The highest BCUT2D eigenvalue weighted by Gasteiger charge is 2.29. The van der Waals surface area contributed by atoms with Crippen LogP contribution in [0.4, 0.5) is 5.82 Å². The summed E-state index contributed by atoms with van der Waals surface area (Å²) < 4.78 is 5.51. The fraction of sp³-hybridized carbons (Fsp3) is 0.615. The number of amides is 1. The highest BCUT2D eigenvalue weighted by Crippen LogP contribution is 2.14. The Bertz CT molecular complexity index is 451. The lowest BCUT2D eigenvalue weighted by molar-refractivity contribution is -0.0859. The van der Waals surface area contributed by atoms with Crippen LogP contribution < -0.4 is 5.32 Å². The van der Waals surface area contributed by atoms with E-state index in [1.807, 2.05) is 13.8 Å². The summed E-state index contributed by atoms with van der Waals surface area (Å²) in [6.45, 7) is 5.36. The third-order valence-corrected chi connectivity index (χ3v) is 3.06. The second kappa shape index (κ2) is 6.62. The van der Waals surface area contributed by atoms with Crippen LogP contribution in [0.1, 0.15) is 24.3 Å². The maximum absolute atomic E-state index is 12.3. The largest absolute Gasteiger partial charge is 0.394 e. The maximum Gasteiger partial charge on any atom is 0.274 e. The van der Waals surface area contributed by atoms with Gasteiger partial charge in [0, 0.05) is 19.6 Å². The summed E-state index contributed by atoms with van der Waals surface area (Å²) in [6, 6.07) is 3.39. The lowest BCUT2D eigenvalue weighted by atomic mass is 10.2. The quantitative estimate of drug-likeness (QED) is 0.815. The summed E-state index contributed by atoms with van der Waals surface area (Å²) in [5.41, 5.74) is 0.303. The van der Waals surface area contributed by atoms with E-state index in [-0.39, 0.29) is 24.7 Å². The molecule has 2 rings (SSSR count). The first-order valence-electron chi connectivity index (χ1n) is 6.77. The molecular weight excluding hydrogens is 260 g/mol. The van der Waals surface area contributed by atoms with Gasteiger partial charge in [0.05, 0.1) is 18.8 Å². The molecule has 110 valence electrons. The smallest absolute Gasteiger partial charge is 0.274 e. The van der Waals surface area contributed by atoms with Crippen LogP contribution in [0.2, 0.25) is 0 Å². The summed E-state index contributed by atoms with van der Waals surface area (Å²) in [5.74, 6) is 0.460. The molecule has 1 aromatic heterocycles. The van der Waals surface area contributed by atoms with Crippen LogP contribution >= 0.6 is 0 Å². The Kier molecular flexibility index (Phi) is 4.86. The van der Waals surface area contributed by atoms with Crippen molar-refractivity contribution in [2.24, 2.45) is 0 Å². The highest BCUT2D eigenvalue weighted by molar-refractivity contribution is 5.92. The molecule has 0 aromatic carbocycles. The van der Waals surface area contributed by atoms with E-state index in [9.17, 15) is 9.90 Å². The number of aliphatic hydroxyl groups is 1. The molecule has 0 spiro atoms. The van der Waals surface area contributed by atoms with Gasteiger partial charge in [-0.05, 0) is 26.0 Å². The molecule has 20 heavy (non-hydrogen) atoms. The van der Waals surface area contributed by atoms with Gasteiger partial charge in [0.1, 0.15) is 5.82 Å². The fourth-order valence-electron chi connectivity index (χ4n) is 2.20. The molecule has 1 fully saturated rings. The molecule has 0 radical (unpaired) electrons. The molecule has 2 unspecified atom stereocenters. The van der Waals surface area contributed by atoms with Gasteiger partial charge in [-0.25, -0.2) is 0 Å². The number of ether oxygens (including phenoxy) is 1. The number of carbonyl (C=O) groups is 1. The number of hydrogen-bond acceptors (Lipinski definition) is 6. The Balaban J connectivity index is 2.06. The highest BCUT2D eigenvalue weighted by atomic mass is 16.5. The van der Waals surface area contributed by atoms with Crippen LogP contribution in [-0.4, -0.2) is 64.6 Å². The SMILES string of the molecule is CCNc1ccc(C(=O)N2CC(C)OC(CO)C2)nn1. The van der Waals surface area contributed by atoms with E-state index in [2.05, 4.69) is 15.5 Å². The van der Waals surface area contributed by atoms with Crippen LogP contribution in [0.5, 0.6) is 0 Å². The molecule has 2 atom stereocenters. The molecule has 1 aromatic rings. The normalized spacial score (nSPS) is 22.6. The van der Waals surface area contributed by atoms with Crippen molar-refractivity contribution in [1.82, 2.24) is 15.1 Å². The third kappa shape index (κ3) is 3.43. The number of anilines is 1. The van der Waals surface area contributed by atoms with Crippen LogP contribution in [0.3, 0.4) is 0 Å². The van der Waals surface area contributed by atoms with E-state index >= 15 is 0 Å². The summed E-state index contributed by atoms with van der Waals surface area (Å²) in [6.07, 6.45) is -0.435. The van der Waals surface area contributed by atoms with Gasteiger partial charge in [-0.3, -0.25) is 4.79 Å². The molecular formula is C13H20N4O3. The summed E-state index contributed by atoms with van der Waals surface area (Å²) in [4.78, 5) is 14.0. The van der Waals surface area contributed by atoms with Crippen molar-refractivity contribution in [3.8, 4) is 0 Å². The topological polar surface area (TPSA) is 87.6 Å². The summed E-state index contributed by atoms with van der Waals surface area (Å²) in [7, 11) is 0. The second-order valence-corrected chi connectivity index (χ2v) is 4.80. The predicted molar refractivity (Wildman–Crippen MR) is 73.5 cm³/mol. The second-order valence-electron chi connectivity index (χ2n) is 4.80. The molecule has 0 bridgehead atoms. The van der Waals surface area contributed by atoms with Crippen molar-refractivity contribution in [2.75, 3.05) is 31.6 Å². The van der Waals surface area contributed by atoms with Crippen LogP contribution in [0.15, 0.2) is 12.1 Å². The Morgan fingerprint density at radius 3 is 2.90 bits per heavy atom. The molecule has 0 saturated carbocycles. The molecule has 2 N–H and O–H groups in total. The summed E-state index contributed by atoms with van der Waals surface area (Å²) >= 11 is 0. The predicted octanol–water partition coefficient (Wildman–Crippen LogP) is 0.130. The minimum Gasteiger partial charge on any atom is -0.394 e. The minimum atomic E-state index is -0.336. The average Bonchev–Trinajstić information content (AvgIpc) is 2.47. The van der Waals surface area contributed by atoms with Crippen molar-refractivity contribution in [3.63, 3.8) is 0 Å². The lowest BCUT2D eigenvalue weighted by Crippen LogP contribution is -2.50. The molecule has 1 saturated heterocycles. The number of morpholine rings is 1. The molecule has 7 heteroatoms. The monoisotopic (exact) mass is 280 g/mol. The number of hydrogen-bond donors (Lipinski definition) is 2. The van der Waals surface area contributed by atoms with Crippen LogP contribution in [0, 0.1) is 0 Å². The number of nitrogens with zero attached hydrogens (tertiary/aromatic N) is 3. The van der Waals surface area contributed by atoms with Gasteiger partial charge in [-0.1, -0.05) is 0 Å². The maximum atomic E-state index is 12.3. The van der Waals surface area contributed by atoms with E-state index in [0.717, 1.165) is 6.54 Å². The zero-order chi connectivity index (χ0) is 14.5. The number of aromatic nitrogens is 2. The van der Waals surface area contributed by atoms with Gasteiger partial charge >= 0.3 is 0 Å². The van der Waals surface area contributed by atoms with Crippen molar-refractivity contribution in [3.05, 3.63) is 17.8 Å². The first-order valence-corrected chi connectivity index (χ1v) is 6.77. The van der Waals surface area contributed by atoms with E-state index < -0.39 is 0 Å².